The van der Waals surface area contributed by atoms with Crippen molar-refractivity contribution in [1.82, 2.24) is 10.4 Å². The van der Waals surface area contributed by atoms with Crippen LogP contribution in [0, 0.1) is 19.8 Å². The van der Waals surface area contributed by atoms with Gasteiger partial charge in [0.2, 0.25) is 6.29 Å². The van der Waals surface area contributed by atoms with E-state index in [2.05, 4.69) is 10.3 Å². The molecule has 3 aliphatic rings. The highest BCUT2D eigenvalue weighted by Crippen LogP contribution is 2.41. The second-order valence-corrected chi connectivity index (χ2v) is 15.2. The number of aliphatic carboxylic acids is 1. The largest absolute Gasteiger partial charge is 0.508 e. The third-order valence-electron chi connectivity index (χ3n) is 10.9. The zero-order valence-electron chi connectivity index (χ0n) is 33.5. The van der Waals surface area contributed by atoms with Crippen molar-refractivity contribution in [3.05, 3.63) is 111 Å². The second kappa shape index (κ2) is 17.4. The minimum absolute atomic E-state index is 0.00296. The monoisotopic (exact) mass is 859 g/mol. The van der Waals surface area contributed by atoms with Crippen molar-refractivity contribution in [2.24, 2.45) is 10.9 Å². The Kier molecular flexibility index (Phi) is 12.4. The van der Waals surface area contributed by atoms with Crippen LogP contribution in [0.25, 0.3) is 27.8 Å². The molecule has 3 aromatic carbocycles. The molecular formula is C43H45N3O16. The molecule has 7 rings (SSSR count). The molecule has 19 heteroatoms. The van der Waals surface area contributed by atoms with Crippen molar-refractivity contribution < 1.29 is 73.9 Å². The van der Waals surface area contributed by atoms with E-state index in [0.29, 0.717) is 22.5 Å². The highest BCUT2D eigenvalue weighted by atomic mass is 16.8. The number of hydrogen-bond acceptors (Lipinski definition) is 18. The molecule has 4 aromatic rings. The Morgan fingerprint density at radius 3 is 2.35 bits per heavy atom. The van der Waals surface area contributed by atoms with Crippen LogP contribution in [0.4, 0.5) is 0 Å². The van der Waals surface area contributed by atoms with Crippen LogP contribution >= 0.6 is 0 Å². The number of aliphatic imine (C=N–C) groups is 1. The van der Waals surface area contributed by atoms with E-state index < -0.39 is 85.1 Å². The van der Waals surface area contributed by atoms with Gasteiger partial charge in [-0.3, -0.25) is 29.5 Å². The maximum atomic E-state index is 13.5. The van der Waals surface area contributed by atoms with Crippen molar-refractivity contribution in [1.29, 1.82) is 0 Å². The van der Waals surface area contributed by atoms with Gasteiger partial charge in [0.15, 0.2) is 23.6 Å². The first-order valence-corrected chi connectivity index (χ1v) is 19.4. The first-order valence-electron chi connectivity index (χ1n) is 19.4. The molecule has 0 radical (unpaired) electrons. The van der Waals surface area contributed by atoms with Gasteiger partial charge in [0, 0.05) is 36.4 Å². The Labute approximate surface area is 352 Å². The summed E-state index contributed by atoms with van der Waals surface area (Å²) in [6, 6.07) is 15.8. The van der Waals surface area contributed by atoms with Crippen LogP contribution in [0.3, 0.4) is 0 Å². The van der Waals surface area contributed by atoms with E-state index in [1.807, 2.05) is 32.0 Å². The Morgan fingerprint density at radius 1 is 1.00 bits per heavy atom. The molecule has 1 fully saturated rings. The summed E-state index contributed by atoms with van der Waals surface area (Å²) >= 11 is 0. The van der Waals surface area contributed by atoms with E-state index in [1.165, 1.54) is 41.7 Å². The topological polar surface area (TPSA) is 291 Å². The number of phenolic OH excluding ortho intramolecular Hbond substituents is 1. The number of ether oxygens (including phenoxy) is 3. The maximum absolute atomic E-state index is 13.5. The molecule has 0 unspecified atom stereocenters. The first-order chi connectivity index (χ1) is 29.5. The Bertz CT molecular complexity index is 2500. The summed E-state index contributed by atoms with van der Waals surface area (Å²) in [4.78, 5) is 50.2. The molecule has 19 nitrogen and oxygen atoms in total. The van der Waals surface area contributed by atoms with Crippen molar-refractivity contribution >= 4 is 34.8 Å². The number of aromatic hydroxyl groups is 1. The summed E-state index contributed by atoms with van der Waals surface area (Å²) in [6.45, 7) is 1.61. The number of aryl methyl sites for hydroxylation is 2. The van der Waals surface area contributed by atoms with Gasteiger partial charge in [-0.15, -0.1) is 0 Å². The van der Waals surface area contributed by atoms with Gasteiger partial charge in [0.1, 0.15) is 47.9 Å². The van der Waals surface area contributed by atoms with Crippen LogP contribution in [-0.2, 0) is 23.9 Å². The lowest BCUT2D eigenvalue weighted by atomic mass is 9.91. The van der Waals surface area contributed by atoms with Crippen LogP contribution in [0.1, 0.15) is 23.1 Å². The predicted molar refractivity (Wildman–Crippen MR) is 217 cm³/mol. The predicted octanol–water partition coefficient (Wildman–Crippen LogP) is 0.819. The summed E-state index contributed by atoms with van der Waals surface area (Å²) in [5.74, 6) is -9.64. The van der Waals surface area contributed by atoms with Gasteiger partial charge in [0.25, 0.3) is 5.79 Å². The fraction of sp³-hybridized carbons (Fsp3) is 0.349. The van der Waals surface area contributed by atoms with Crippen LogP contribution in [0.5, 0.6) is 11.5 Å². The smallest absolute Gasteiger partial charge is 0.327 e. The fourth-order valence-electron chi connectivity index (χ4n) is 7.76. The fourth-order valence-corrected chi connectivity index (χ4v) is 7.76. The minimum Gasteiger partial charge on any atom is -0.508 e. The number of benzene rings is 3. The first kappa shape index (κ1) is 44.1. The number of carboxylic acids is 1. The number of allylic oxidation sites excluding steroid dienone is 1. The lowest BCUT2D eigenvalue weighted by Gasteiger charge is -2.47. The van der Waals surface area contributed by atoms with Gasteiger partial charge in [-0.05, 0) is 68.9 Å². The molecule has 0 bridgehead atoms. The number of rotatable bonds is 15. The summed E-state index contributed by atoms with van der Waals surface area (Å²) in [7, 11) is 1.11. The standard InChI is InChI=1S/C43H45N3O16/c1-21-14-22(2)16-25(15-21)33-32-24(10-12-45-32)18-46(33)62-37-35(51)36(52)38(43(57,20-48)61-40(55)31(39(53)54)42(56,44-3)11-13-47)60-41(37)59-27-8-9-28-30(17-27)58-19-29(34(28)50)23-4-6-26(49)7-5-23/h4-10,12,14-17,19,31,35-38,41,44,47-49,51-52,56-57H,11,13,18,20H2,1-3H3,(H,53,54)/t31-,35+,36+,37-,38+,41-,42-,43+/m0/s1. The van der Waals surface area contributed by atoms with Gasteiger partial charge >= 0.3 is 11.9 Å². The van der Waals surface area contributed by atoms with Gasteiger partial charge in [0.05, 0.1) is 28.9 Å². The number of nitrogens with zero attached hydrogens (tertiary/aromatic N) is 2. The van der Waals surface area contributed by atoms with Gasteiger partial charge in [-0.25, -0.2) is 5.06 Å². The van der Waals surface area contributed by atoms with Gasteiger partial charge in [-0.2, -0.15) is 0 Å². The molecule has 4 heterocycles. The van der Waals surface area contributed by atoms with Crippen molar-refractivity contribution in [3.8, 4) is 22.6 Å². The quantitative estimate of drug-likeness (QED) is 0.0454. The Morgan fingerprint density at radius 2 is 1.71 bits per heavy atom. The zero-order valence-corrected chi connectivity index (χ0v) is 33.5. The lowest BCUT2D eigenvalue weighted by molar-refractivity contribution is -0.372. The second-order valence-electron chi connectivity index (χ2n) is 15.2. The van der Waals surface area contributed by atoms with Gasteiger partial charge < -0.3 is 59.5 Å². The van der Waals surface area contributed by atoms with Crippen LogP contribution in [-0.4, -0.2) is 133 Å². The van der Waals surface area contributed by atoms with Crippen LogP contribution in [0.2, 0.25) is 0 Å². The molecule has 0 amide bonds. The number of phenols is 1. The number of aliphatic hydroxyl groups excluding tert-OH is 4. The Balaban J connectivity index is 1.25. The van der Waals surface area contributed by atoms with Crippen LogP contribution < -0.4 is 15.5 Å². The summed E-state index contributed by atoms with van der Waals surface area (Å²) in [5.41, 5.74) is 2.08. The summed E-state index contributed by atoms with van der Waals surface area (Å²) in [6.07, 6.45) is -6.23. The normalized spacial score (nSPS) is 23.4. The van der Waals surface area contributed by atoms with E-state index in [1.54, 1.807) is 24.4 Å². The van der Waals surface area contributed by atoms with E-state index in [9.17, 15) is 55.2 Å². The van der Waals surface area contributed by atoms with Crippen molar-refractivity contribution in [2.75, 3.05) is 26.8 Å². The number of hydroxylamine groups is 2. The average Bonchev–Trinajstić information content (AvgIpc) is 3.82. The molecule has 0 spiro atoms. The molecule has 1 saturated heterocycles. The lowest BCUT2D eigenvalue weighted by Crippen LogP contribution is -2.69. The SMILES string of the molecule is CN[C@](O)(CCO)[C@@H](C(=O)O)C(=O)O[C@](O)(CO)[C@@H]1O[C@H](Oc2ccc3c(=O)c(-c4ccc(O)cc4)coc3c2)[C@@H](ON2CC3=CC=NC3=C2c2cc(C)cc(C)c2)[C@H](O)[C@H]1O. The van der Waals surface area contributed by atoms with Crippen molar-refractivity contribution in [3.63, 3.8) is 0 Å². The molecular weight excluding hydrogens is 814 g/mol. The molecule has 8 atom stereocenters. The van der Waals surface area contributed by atoms with Crippen LogP contribution in [0.15, 0.2) is 98.5 Å². The van der Waals surface area contributed by atoms with Crippen molar-refractivity contribution in [2.45, 2.75) is 62.5 Å². The number of carbonyl (C=O) groups is 2. The molecule has 3 aliphatic heterocycles. The number of carboxylic acid groups (broad SMARTS) is 1. The number of aliphatic hydroxyl groups is 6. The Hall–Kier alpha value is -6.00. The van der Waals surface area contributed by atoms with Gasteiger partial charge in [-0.1, -0.05) is 29.3 Å². The molecule has 0 saturated carbocycles. The third-order valence-corrected chi connectivity index (χ3v) is 10.9. The molecule has 1 aromatic heterocycles. The molecule has 9 N–H and O–H groups in total. The molecule has 62 heavy (non-hydrogen) atoms. The number of hydrogen-bond donors (Lipinski definition) is 9. The number of fused-ring (bicyclic) bond motifs is 2. The zero-order chi connectivity index (χ0) is 44.7. The number of esters is 1. The maximum Gasteiger partial charge on any atom is 0.327 e. The molecule has 0 aliphatic carbocycles. The van der Waals surface area contributed by atoms with E-state index in [0.717, 1.165) is 23.7 Å². The molecule has 328 valence electrons. The minimum atomic E-state index is -3.32. The van der Waals surface area contributed by atoms with E-state index in [4.69, 9.17) is 23.5 Å². The van der Waals surface area contributed by atoms with E-state index >= 15 is 0 Å². The highest BCUT2D eigenvalue weighted by Gasteiger charge is 2.59. The third kappa shape index (κ3) is 8.32. The highest BCUT2D eigenvalue weighted by molar-refractivity contribution is 5.95. The average molecular weight is 860 g/mol. The van der Waals surface area contributed by atoms with E-state index in [-0.39, 0.29) is 34.6 Å². The summed E-state index contributed by atoms with van der Waals surface area (Å²) < 4.78 is 23.2. The summed E-state index contributed by atoms with van der Waals surface area (Å²) in [5, 5.41) is 89.4. The number of carbonyl (C=O) groups excluding carboxylic acids is 1. The number of nitrogens with one attached hydrogen (secondary N) is 1.